The SMILES string of the molecule is COc1cc2c(cc1S(N)(=O)=O)CCN(Cc1cccnc1)C2. The summed E-state index contributed by atoms with van der Waals surface area (Å²) in [6, 6.07) is 7.40. The Morgan fingerprint density at radius 1 is 1.35 bits per heavy atom. The quantitative estimate of drug-likeness (QED) is 0.911. The highest BCUT2D eigenvalue weighted by Gasteiger charge is 2.23. The average Bonchev–Trinajstić information content (AvgIpc) is 2.53. The van der Waals surface area contributed by atoms with Crippen molar-refractivity contribution in [3.05, 3.63) is 53.3 Å². The summed E-state index contributed by atoms with van der Waals surface area (Å²) in [6.45, 7) is 2.41. The summed E-state index contributed by atoms with van der Waals surface area (Å²) in [5.74, 6) is 0.300. The molecule has 0 saturated heterocycles. The molecule has 0 radical (unpaired) electrons. The molecule has 0 amide bonds. The van der Waals surface area contributed by atoms with Crippen LogP contribution in [0.3, 0.4) is 0 Å². The number of rotatable bonds is 4. The Hall–Kier alpha value is -1.96. The van der Waals surface area contributed by atoms with Gasteiger partial charge in [0.2, 0.25) is 10.0 Å². The molecule has 2 aromatic rings. The van der Waals surface area contributed by atoms with Gasteiger partial charge in [-0.2, -0.15) is 0 Å². The third-order valence-corrected chi connectivity index (χ3v) is 4.94. The maximum Gasteiger partial charge on any atom is 0.241 e. The Balaban J connectivity index is 1.86. The standard InChI is InChI=1S/C16H19N3O3S/c1-22-15-7-14-11-19(10-12-3-2-5-18-9-12)6-4-13(14)8-16(15)23(17,20)21/h2-3,5,7-9H,4,6,10-11H2,1H3,(H2,17,20,21). The first kappa shape index (κ1) is 15.9. The number of ether oxygens (including phenoxy) is 1. The molecule has 6 nitrogen and oxygen atoms in total. The smallest absolute Gasteiger partial charge is 0.241 e. The van der Waals surface area contributed by atoms with Gasteiger partial charge >= 0.3 is 0 Å². The molecule has 23 heavy (non-hydrogen) atoms. The van der Waals surface area contributed by atoms with Crippen LogP contribution < -0.4 is 9.88 Å². The van der Waals surface area contributed by atoms with Gasteiger partial charge in [0.25, 0.3) is 0 Å². The first-order chi connectivity index (χ1) is 11.0. The number of nitrogens with two attached hydrogens (primary N) is 1. The summed E-state index contributed by atoms with van der Waals surface area (Å²) in [5.41, 5.74) is 3.24. The molecule has 0 atom stereocenters. The second kappa shape index (κ2) is 6.27. The van der Waals surface area contributed by atoms with Crippen LogP contribution in [0.4, 0.5) is 0 Å². The Kier molecular flexibility index (Phi) is 4.34. The van der Waals surface area contributed by atoms with Crippen LogP contribution in [0.2, 0.25) is 0 Å². The van der Waals surface area contributed by atoms with Gasteiger partial charge in [-0.05, 0) is 41.3 Å². The number of benzene rings is 1. The fourth-order valence-electron chi connectivity index (χ4n) is 2.89. The van der Waals surface area contributed by atoms with Crippen LogP contribution in [-0.4, -0.2) is 32.0 Å². The Morgan fingerprint density at radius 3 is 2.83 bits per heavy atom. The predicted molar refractivity (Wildman–Crippen MR) is 86.4 cm³/mol. The summed E-state index contributed by atoms with van der Waals surface area (Å²) in [5, 5.41) is 5.27. The average molecular weight is 333 g/mol. The van der Waals surface area contributed by atoms with E-state index in [4.69, 9.17) is 9.88 Å². The van der Waals surface area contributed by atoms with E-state index in [0.29, 0.717) is 5.75 Å². The Bertz CT molecular complexity index is 807. The van der Waals surface area contributed by atoms with E-state index in [-0.39, 0.29) is 4.90 Å². The highest BCUT2D eigenvalue weighted by Crippen LogP contribution is 2.30. The normalized spacial score (nSPS) is 15.2. The number of nitrogens with zero attached hydrogens (tertiary/aromatic N) is 2. The van der Waals surface area contributed by atoms with Crippen molar-refractivity contribution in [3.8, 4) is 5.75 Å². The van der Waals surface area contributed by atoms with Gasteiger partial charge < -0.3 is 4.74 Å². The third-order valence-electron chi connectivity index (χ3n) is 4.01. The fourth-order valence-corrected chi connectivity index (χ4v) is 3.62. The van der Waals surface area contributed by atoms with E-state index >= 15 is 0 Å². The molecule has 1 aliphatic rings. The zero-order chi connectivity index (χ0) is 16.4. The summed E-state index contributed by atoms with van der Waals surface area (Å²) in [4.78, 5) is 6.49. The molecule has 122 valence electrons. The van der Waals surface area contributed by atoms with Crippen molar-refractivity contribution < 1.29 is 13.2 Å². The lowest BCUT2D eigenvalue weighted by Crippen LogP contribution is -2.30. The lowest BCUT2D eigenvalue weighted by atomic mass is 9.99. The molecule has 0 fully saturated rings. The maximum absolute atomic E-state index is 11.7. The zero-order valence-electron chi connectivity index (χ0n) is 12.9. The van der Waals surface area contributed by atoms with E-state index in [2.05, 4.69) is 9.88 Å². The number of sulfonamides is 1. The number of fused-ring (bicyclic) bond motifs is 1. The van der Waals surface area contributed by atoms with Crippen molar-refractivity contribution in [1.29, 1.82) is 0 Å². The van der Waals surface area contributed by atoms with Crippen LogP contribution in [-0.2, 0) is 29.5 Å². The van der Waals surface area contributed by atoms with Gasteiger partial charge in [-0.25, -0.2) is 13.6 Å². The van der Waals surface area contributed by atoms with E-state index in [0.717, 1.165) is 42.7 Å². The van der Waals surface area contributed by atoms with Gasteiger partial charge in [-0.15, -0.1) is 0 Å². The number of hydrogen-bond acceptors (Lipinski definition) is 5. The van der Waals surface area contributed by atoms with Crippen LogP contribution in [0.5, 0.6) is 5.75 Å². The summed E-state index contributed by atoms with van der Waals surface area (Å²) >= 11 is 0. The van der Waals surface area contributed by atoms with Crippen molar-refractivity contribution in [2.24, 2.45) is 5.14 Å². The van der Waals surface area contributed by atoms with Gasteiger partial charge in [0.15, 0.2) is 0 Å². The van der Waals surface area contributed by atoms with Crippen LogP contribution in [0.1, 0.15) is 16.7 Å². The lowest BCUT2D eigenvalue weighted by Gasteiger charge is -2.29. The molecule has 0 spiro atoms. The van der Waals surface area contributed by atoms with Crippen LogP contribution in [0.25, 0.3) is 0 Å². The van der Waals surface area contributed by atoms with E-state index in [9.17, 15) is 8.42 Å². The number of methoxy groups -OCH3 is 1. The summed E-state index contributed by atoms with van der Waals surface area (Å²) < 4.78 is 28.6. The van der Waals surface area contributed by atoms with Crippen molar-refractivity contribution in [2.75, 3.05) is 13.7 Å². The monoisotopic (exact) mass is 333 g/mol. The van der Waals surface area contributed by atoms with E-state index in [1.165, 1.54) is 7.11 Å². The Morgan fingerprint density at radius 2 is 2.17 bits per heavy atom. The molecule has 1 aromatic carbocycles. The maximum atomic E-state index is 11.7. The number of primary sulfonamides is 1. The second-order valence-electron chi connectivity index (χ2n) is 5.64. The van der Waals surface area contributed by atoms with Gasteiger partial charge in [0.1, 0.15) is 10.6 Å². The topological polar surface area (TPSA) is 85.5 Å². The van der Waals surface area contributed by atoms with Crippen molar-refractivity contribution >= 4 is 10.0 Å². The van der Waals surface area contributed by atoms with Crippen molar-refractivity contribution in [1.82, 2.24) is 9.88 Å². The second-order valence-corrected chi connectivity index (χ2v) is 7.17. The molecule has 0 unspecified atom stereocenters. The minimum atomic E-state index is -3.79. The molecular formula is C16H19N3O3S. The first-order valence-electron chi connectivity index (χ1n) is 7.31. The summed E-state index contributed by atoms with van der Waals surface area (Å²) in [6.07, 6.45) is 4.40. The highest BCUT2D eigenvalue weighted by molar-refractivity contribution is 7.89. The molecule has 0 bridgehead atoms. The molecule has 7 heteroatoms. The largest absolute Gasteiger partial charge is 0.495 e. The fraction of sp³-hybridized carbons (Fsp3) is 0.312. The van der Waals surface area contributed by atoms with Crippen molar-refractivity contribution in [2.45, 2.75) is 24.4 Å². The third kappa shape index (κ3) is 3.52. The van der Waals surface area contributed by atoms with Gasteiger partial charge in [0.05, 0.1) is 7.11 Å². The highest BCUT2D eigenvalue weighted by atomic mass is 32.2. The lowest BCUT2D eigenvalue weighted by molar-refractivity contribution is 0.244. The number of aromatic nitrogens is 1. The molecule has 2 heterocycles. The molecule has 3 rings (SSSR count). The van der Waals surface area contributed by atoms with Crippen LogP contribution >= 0.6 is 0 Å². The minimum absolute atomic E-state index is 0.0551. The Labute approximate surface area is 136 Å². The molecule has 2 N–H and O–H groups in total. The number of hydrogen-bond donors (Lipinski definition) is 1. The van der Waals surface area contributed by atoms with Crippen LogP contribution in [0, 0.1) is 0 Å². The summed E-state index contributed by atoms with van der Waals surface area (Å²) in [7, 11) is -2.34. The van der Waals surface area contributed by atoms with Crippen LogP contribution in [0.15, 0.2) is 41.6 Å². The van der Waals surface area contributed by atoms with Gasteiger partial charge in [-0.1, -0.05) is 6.07 Å². The van der Waals surface area contributed by atoms with Gasteiger partial charge in [-0.3, -0.25) is 9.88 Å². The van der Waals surface area contributed by atoms with E-state index in [1.807, 2.05) is 18.3 Å². The van der Waals surface area contributed by atoms with Gasteiger partial charge in [0, 0.05) is 32.0 Å². The predicted octanol–water partition coefficient (Wildman–Crippen LogP) is 1.30. The zero-order valence-corrected chi connectivity index (χ0v) is 13.7. The molecular weight excluding hydrogens is 314 g/mol. The minimum Gasteiger partial charge on any atom is -0.495 e. The van der Waals surface area contributed by atoms with E-state index < -0.39 is 10.0 Å². The first-order valence-corrected chi connectivity index (χ1v) is 8.86. The molecule has 0 aliphatic carbocycles. The molecule has 1 aliphatic heterocycles. The molecule has 1 aromatic heterocycles. The molecule has 0 saturated carbocycles. The number of pyridine rings is 1. The van der Waals surface area contributed by atoms with Crippen molar-refractivity contribution in [3.63, 3.8) is 0 Å². The van der Waals surface area contributed by atoms with E-state index in [1.54, 1.807) is 18.3 Å².